The van der Waals surface area contributed by atoms with E-state index in [1.807, 2.05) is 58.0 Å². The minimum Gasteiger partial charge on any atom is -0.463 e. The maximum atomic E-state index is 12.7. The monoisotopic (exact) mass is 472 g/mol. The van der Waals surface area contributed by atoms with Crippen molar-refractivity contribution in [1.82, 2.24) is 4.98 Å². The summed E-state index contributed by atoms with van der Waals surface area (Å²) in [6.07, 6.45) is 2.17. The van der Waals surface area contributed by atoms with Gasteiger partial charge in [-0.3, -0.25) is 14.6 Å². The number of benzene rings is 2. The maximum absolute atomic E-state index is 12.7. The Morgan fingerprint density at radius 1 is 0.971 bits per heavy atom. The van der Waals surface area contributed by atoms with Crippen molar-refractivity contribution in [2.45, 2.75) is 51.6 Å². The van der Waals surface area contributed by atoms with E-state index in [1.165, 1.54) is 22.3 Å². The van der Waals surface area contributed by atoms with Crippen LogP contribution in [0.1, 0.15) is 62.8 Å². The van der Waals surface area contributed by atoms with Crippen molar-refractivity contribution in [2.24, 2.45) is 0 Å². The van der Waals surface area contributed by atoms with E-state index in [4.69, 9.17) is 9.47 Å². The van der Waals surface area contributed by atoms with Crippen LogP contribution in [0.15, 0.2) is 66.9 Å². The van der Waals surface area contributed by atoms with Crippen molar-refractivity contribution >= 4 is 17.6 Å². The first-order valence-corrected chi connectivity index (χ1v) is 12.0. The molecular weight excluding hydrogens is 440 g/mol. The summed E-state index contributed by atoms with van der Waals surface area (Å²) in [4.78, 5) is 29.8. The summed E-state index contributed by atoms with van der Waals surface area (Å²) < 4.78 is 11.3. The van der Waals surface area contributed by atoms with Crippen LogP contribution in [-0.4, -0.2) is 35.7 Å². The van der Waals surface area contributed by atoms with Crippen LogP contribution in [0.2, 0.25) is 0 Å². The molecule has 0 spiro atoms. The van der Waals surface area contributed by atoms with Crippen LogP contribution in [0.3, 0.4) is 0 Å². The van der Waals surface area contributed by atoms with Gasteiger partial charge < -0.3 is 14.8 Å². The Labute approximate surface area is 206 Å². The molecule has 0 bridgehead atoms. The summed E-state index contributed by atoms with van der Waals surface area (Å²) in [5.74, 6) is -1.22. The van der Waals surface area contributed by atoms with Gasteiger partial charge in [0.1, 0.15) is 24.7 Å². The van der Waals surface area contributed by atoms with Crippen molar-refractivity contribution in [3.05, 3.63) is 83.7 Å². The fraction of sp³-hybridized carbons (Fsp3) is 0.345. The topological polar surface area (TPSA) is 77.5 Å². The van der Waals surface area contributed by atoms with Gasteiger partial charge in [0, 0.05) is 12.1 Å². The van der Waals surface area contributed by atoms with Gasteiger partial charge in [0.2, 0.25) is 0 Å². The molecule has 0 aliphatic heterocycles. The van der Waals surface area contributed by atoms with Gasteiger partial charge in [0.25, 0.3) is 0 Å². The number of pyridine rings is 1. The quantitative estimate of drug-likeness (QED) is 0.425. The smallest absolute Gasteiger partial charge is 0.325 e. The van der Waals surface area contributed by atoms with Crippen LogP contribution in [-0.2, 0) is 19.1 Å². The number of esters is 2. The van der Waals surface area contributed by atoms with E-state index >= 15 is 0 Å². The molecule has 1 aliphatic carbocycles. The summed E-state index contributed by atoms with van der Waals surface area (Å²) >= 11 is 0. The molecule has 35 heavy (non-hydrogen) atoms. The molecule has 1 unspecified atom stereocenters. The van der Waals surface area contributed by atoms with Crippen LogP contribution in [0.25, 0.3) is 11.1 Å². The Bertz CT molecular complexity index is 1170. The van der Waals surface area contributed by atoms with Crippen molar-refractivity contribution in [2.75, 3.05) is 18.5 Å². The number of carbonyl (C=O) groups excluding carboxylic acids is 2. The normalized spacial score (nSPS) is 13.5. The van der Waals surface area contributed by atoms with Crippen LogP contribution in [0.4, 0.5) is 5.69 Å². The SMILES string of the molecule is CCC(C(=O)OC(C)(C)C)c1ncccc1NCC(=O)OCC1c2ccccc2-c2ccccc21. The molecule has 2 aromatic carbocycles. The molecule has 1 heterocycles. The largest absolute Gasteiger partial charge is 0.463 e. The summed E-state index contributed by atoms with van der Waals surface area (Å²) in [5.41, 5.74) is 5.33. The lowest BCUT2D eigenvalue weighted by Crippen LogP contribution is -2.28. The molecule has 1 atom stereocenters. The van der Waals surface area contributed by atoms with Gasteiger partial charge in [-0.15, -0.1) is 0 Å². The molecule has 0 amide bonds. The summed E-state index contributed by atoms with van der Waals surface area (Å²) in [6, 6.07) is 20.1. The zero-order chi connectivity index (χ0) is 25.0. The number of fused-ring (bicyclic) bond motifs is 3. The standard InChI is InChI=1S/C29H32N2O4/c1-5-19(28(33)35-29(2,3)4)27-25(15-10-16-30-27)31-17-26(32)34-18-24-22-13-8-6-11-20(22)21-12-7-9-14-23(21)24/h6-16,19,24,31H,5,17-18H2,1-4H3. The lowest BCUT2D eigenvalue weighted by Gasteiger charge is -2.24. The first-order valence-electron chi connectivity index (χ1n) is 12.0. The van der Waals surface area contributed by atoms with Crippen molar-refractivity contribution in [1.29, 1.82) is 0 Å². The van der Waals surface area contributed by atoms with Gasteiger partial charge in [-0.1, -0.05) is 55.5 Å². The summed E-state index contributed by atoms with van der Waals surface area (Å²) in [7, 11) is 0. The highest BCUT2D eigenvalue weighted by Crippen LogP contribution is 2.44. The van der Waals surface area contributed by atoms with Gasteiger partial charge >= 0.3 is 11.9 Å². The van der Waals surface area contributed by atoms with E-state index in [9.17, 15) is 9.59 Å². The van der Waals surface area contributed by atoms with Crippen LogP contribution in [0, 0.1) is 0 Å². The number of anilines is 1. The number of hydrogen-bond acceptors (Lipinski definition) is 6. The molecule has 0 fully saturated rings. The predicted octanol–water partition coefficient (Wildman–Crippen LogP) is 5.68. The molecule has 4 rings (SSSR count). The third-order valence-electron chi connectivity index (χ3n) is 6.06. The van der Waals surface area contributed by atoms with E-state index in [1.54, 1.807) is 12.3 Å². The van der Waals surface area contributed by atoms with Crippen LogP contribution >= 0.6 is 0 Å². The van der Waals surface area contributed by atoms with E-state index in [-0.39, 0.29) is 31.0 Å². The highest BCUT2D eigenvalue weighted by Gasteiger charge is 2.30. The highest BCUT2D eigenvalue weighted by molar-refractivity contribution is 5.82. The van der Waals surface area contributed by atoms with Gasteiger partial charge in [0.05, 0.1) is 11.4 Å². The molecule has 0 radical (unpaired) electrons. The third kappa shape index (κ3) is 5.53. The number of nitrogens with zero attached hydrogens (tertiary/aromatic N) is 1. The van der Waals surface area contributed by atoms with E-state index in [0.29, 0.717) is 17.8 Å². The lowest BCUT2D eigenvalue weighted by atomic mass is 9.98. The van der Waals surface area contributed by atoms with Gasteiger partial charge in [-0.05, 0) is 61.6 Å². The number of aromatic nitrogens is 1. The Hall–Kier alpha value is -3.67. The Morgan fingerprint density at radius 2 is 1.60 bits per heavy atom. The molecule has 3 aromatic rings. The Morgan fingerprint density at radius 3 is 2.20 bits per heavy atom. The second-order valence-corrected chi connectivity index (χ2v) is 9.69. The first-order chi connectivity index (χ1) is 16.8. The first kappa shape index (κ1) is 24.5. The second-order valence-electron chi connectivity index (χ2n) is 9.69. The van der Waals surface area contributed by atoms with Gasteiger partial charge in [0.15, 0.2) is 0 Å². The summed E-state index contributed by atoms with van der Waals surface area (Å²) in [6.45, 7) is 7.67. The van der Waals surface area contributed by atoms with Gasteiger partial charge in [-0.2, -0.15) is 0 Å². The highest BCUT2D eigenvalue weighted by atomic mass is 16.6. The molecule has 0 saturated heterocycles. The predicted molar refractivity (Wildman–Crippen MR) is 136 cm³/mol. The minimum absolute atomic E-state index is 0.0111. The maximum Gasteiger partial charge on any atom is 0.325 e. The fourth-order valence-electron chi connectivity index (χ4n) is 4.52. The second kappa shape index (κ2) is 10.3. The van der Waals surface area contributed by atoms with E-state index in [2.05, 4.69) is 34.6 Å². The zero-order valence-corrected chi connectivity index (χ0v) is 20.7. The Balaban J connectivity index is 1.41. The molecular formula is C29H32N2O4. The van der Waals surface area contributed by atoms with Crippen LogP contribution in [0.5, 0.6) is 0 Å². The minimum atomic E-state index is -0.589. The lowest BCUT2D eigenvalue weighted by molar-refractivity contribution is -0.157. The Kier molecular flexibility index (Phi) is 7.20. The number of rotatable bonds is 8. The van der Waals surface area contributed by atoms with Crippen LogP contribution < -0.4 is 5.32 Å². The molecule has 182 valence electrons. The molecule has 0 saturated carbocycles. The van der Waals surface area contributed by atoms with Crippen molar-refractivity contribution < 1.29 is 19.1 Å². The average Bonchev–Trinajstić information content (AvgIpc) is 3.15. The molecule has 6 nitrogen and oxygen atoms in total. The summed E-state index contributed by atoms with van der Waals surface area (Å²) in [5, 5.41) is 3.11. The van der Waals surface area contributed by atoms with E-state index < -0.39 is 11.5 Å². The average molecular weight is 473 g/mol. The van der Waals surface area contributed by atoms with Crippen molar-refractivity contribution in [3.63, 3.8) is 0 Å². The fourth-order valence-corrected chi connectivity index (χ4v) is 4.52. The zero-order valence-electron chi connectivity index (χ0n) is 20.7. The molecule has 6 heteroatoms. The number of ether oxygens (including phenoxy) is 2. The number of hydrogen-bond donors (Lipinski definition) is 1. The molecule has 1 N–H and O–H groups in total. The van der Waals surface area contributed by atoms with Gasteiger partial charge in [-0.25, -0.2) is 0 Å². The third-order valence-corrected chi connectivity index (χ3v) is 6.06. The molecule has 1 aromatic heterocycles. The van der Waals surface area contributed by atoms with Crippen molar-refractivity contribution in [3.8, 4) is 11.1 Å². The number of carbonyl (C=O) groups is 2. The van der Waals surface area contributed by atoms with E-state index in [0.717, 1.165) is 0 Å². The molecule has 1 aliphatic rings. The number of nitrogens with one attached hydrogen (secondary N) is 1.